The number of nitrogens with two attached hydrogens (primary N) is 1. The van der Waals surface area contributed by atoms with E-state index in [4.69, 9.17) is 17.3 Å². The fourth-order valence-electron chi connectivity index (χ4n) is 3.05. The van der Waals surface area contributed by atoms with Gasteiger partial charge in [-0.05, 0) is 60.9 Å². The molecule has 0 saturated heterocycles. The minimum absolute atomic E-state index is 0.230. The monoisotopic (exact) mass is 303 g/mol. The molecule has 1 unspecified atom stereocenters. The van der Waals surface area contributed by atoms with Crippen molar-refractivity contribution in [3.05, 3.63) is 69.5 Å². The lowest BCUT2D eigenvalue weighted by atomic mass is 9.88. The van der Waals surface area contributed by atoms with Gasteiger partial charge < -0.3 is 5.73 Å². The topological polar surface area (TPSA) is 26.0 Å². The van der Waals surface area contributed by atoms with Crippen LogP contribution in [-0.2, 0) is 19.3 Å². The van der Waals surface area contributed by atoms with Crippen LogP contribution in [-0.4, -0.2) is 0 Å². The third-order valence-corrected chi connectivity index (χ3v) is 4.64. The molecule has 0 bridgehead atoms. The minimum atomic E-state index is -0.282. The number of benzene rings is 2. The van der Waals surface area contributed by atoms with Gasteiger partial charge in [-0.2, -0.15) is 0 Å². The smallest absolute Gasteiger partial charge is 0.127 e. The Hall–Kier alpha value is -1.38. The second kappa shape index (κ2) is 6.17. The highest BCUT2D eigenvalue weighted by molar-refractivity contribution is 6.31. The molecule has 0 heterocycles. The highest BCUT2D eigenvalue weighted by Crippen LogP contribution is 2.28. The summed E-state index contributed by atoms with van der Waals surface area (Å²) in [6.07, 6.45) is 5.21. The summed E-state index contributed by atoms with van der Waals surface area (Å²) < 4.78 is 13.9. The fourth-order valence-corrected chi connectivity index (χ4v) is 3.29. The molecule has 2 aromatic rings. The number of aryl methyl sites for hydroxylation is 2. The summed E-state index contributed by atoms with van der Waals surface area (Å²) in [7, 11) is 0. The highest BCUT2D eigenvalue weighted by Gasteiger charge is 2.16. The molecule has 0 saturated carbocycles. The number of rotatable bonds is 3. The van der Waals surface area contributed by atoms with Gasteiger partial charge >= 0.3 is 0 Å². The molecular formula is C18H19ClFN. The Morgan fingerprint density at radius 2 is 1.86 bits per heavy atom. The first kappa shape index (κ1) is 14.6. The minimum Gasteiger partial charge on any atom is -0.324 e. The van der Waals surface area contributed by atoms with Crippen LogP contribution in [0.2, 0.25) is 5.02 Å². The Balaban J connectivity index is 1.84. The van der Waals surface area contributed by atoms with Crippen molar-refractivity contribution in [1.82, 2.24) is 0 Å². The fraction of sp³-hybridized carbons (Fsp3) is 0.333. The van der Waals surface area contributed by atoms with Crippen LogP contribution in [0.3, 0.4) is 0 Å². The van der Waals surface area contributed by atoms with Crippen molar-refractivity contribution in [2.75, 3.05) is 0 Å². The summed E-state index contributed by atoms with van der Waals surface area (Å²) >= 11 is 6.08. The SMILES string of the molecule is NC(Cc1c(F)cccc1Cl)c1ccc2c(c1)CCCC2. The van der Waals surface area contributed by atoms with Gasteiger partial charge in [-0.1, -0.05) is 35.9 Å². The zero-order valence-corrected chi connectivity index (χ0v) is 12.7. The maximum absolute atomic E-state index is 13.9. The Morgan fingerprint density at radius 1 is 1.10 bits per heavy atom. The average molecular weight is 304 g/mol. The zero-order valence-electron chi connectivity index (χ0n) is 11.9. The largest absolute Gasteiger partial charge is 0.324 e. The second-order valence-corrected chi connectivity index (χ2v) is 6.15. The van der Waals surface area contributed by atoms with E-state index in [0.717, 1.165) is 18.4 Å². The van der Waals surface area contributed by atoms with Crippen molar-refractivity contribution in [1.29, 1.82) is 0 Å². The highest BCUT2D eigenvalue weighted by atomic mass is 35.5. The normalized spacial score (nSPS) is 15.6. The number of hydrogen-bond acceptors (Lipinski definition) is 1. The first-order valence-corrected chi connectivity index (χ1v) is 7.83. The molecule has 1 nitrogen and oxygen atoms in total. The van der Waals surface area contributed by atoms with Crippen LogP contribution in [0.5, 0.6) is 0 Å². The van der Waals surface area contributed by atoms with E-state index in [1.807, 2.05) is 0 Å². The summed E-state index contributed by atoms with van der Waals surface area (Å²) in [6.45, 7) is 0. The molecule has 3 heteroatoms. The van der Waals surface area contributed by atoms with Crippen molar-refractivity contribution < 1.29 is 4.39 Å². The van der Waals surface area contributed by atoms with Crippen molar-refractivity contribution in [2.45, 2.75) is 38.1 Å². The van der Waals surface area contributed by atoms with Crippen LogP contribution in [0, 0.1) is 5.82 Å². The van der Waals surface area contributed by atoms with Crippen LogP contribution < -0.4 is 5.73 Å². The molecule has 0 fully saturated rings. The molecule has 21 heavy (non-hydrogen) atoms. The van der Waals surface area contributed by atoms with Crippen molar-refractivity contribution in [2.24, 2.45) is 5.73 Å². The summed E-state index contributed by atoms with van der Waals surface area (Å²) in [5, 5.41) is 0.448. The maximum Gasteiger partial charge on any atom is 0.127 e. The van der Waals surface area contributed by atoms with Gasteiger partial charge in [0.25, 0.3) is 0 Å². The van der Waals surface area contributed by atoms with Crippen molar-refractivity contribution >= 4 is 11.6 Å². The Morgan fingerprint density at radius 3 is 2.62 bits per heavy atom. The van der Waals surface area contributed by atoms with Crippen LogP contribution in [0.25, 0.3) is 0 Å². The Labute approximate surface area is 129 Å². The summed E-state index contributed by atoms with van der Waals surface area (Å²) in [6, 6.07) is 11.0. The van der Waals surface area contributed by atoms with Crippen molar-refractivity contribution in [3.8, 4) is 0 Å². The second-order valence-electron chi connectivity index (χ2n) is 5.75. The van der Waals surface area contributed by atoms with Crippen LogP contribution in [0.4, 0.5) is 4.39 Å². The number of hydrogen-bond donors (Lipinski definition) is 1. The van der Waals surface area contributed by atoms with Crippen LogP contribution in [0.15, 0.2) is 36.4 Å². The molecule has 0 aliphatic heterocycles. The van der Waals surface area contributed by atoms with Crippen LogP contribution in [0.1, 0.15) is 41.1 Å². The van der Waals surface area contributed by atoms with E-state index in [-0.39, 0.29) is 11.9 Å². The number of halogens is 2. The third kappa shape index (κ3) is 3.12. The summed E-state index contributed by atoms with van der Waals surface area (Å²) in [4.78, 5) is 0. The third-order valence-electron chi connectivity index (χ3n) is 4.29. The molecule has 1 aliphatic carbocycles. The van der Waals surface area contributed by atoms with Gasteiger partial charge in [-0.3, -0.25) is 0 Å². The van der Waals surface area contributed by atoms with E-state index in [0.29, 0.717) is 17.0 Å². The standard InChI is InChI=1S/C18H19ClFN/c19-16-6-3-7-17(20)15(16)11-18(21)14-9-8-12-4-1-2-5-13(12)10-14/h3,6-10,18H,1-2,4-5,11,21H2. The van der Waals surface area contributed by atoms with Gasteiger partial charge in [0.15, 0.2) is 0 Å². The first-order valence-electron chi connectivity index (χ1n) is 7.45. The zero-order chi connectivity index (χ0) is 14.8. The summed E-state index contributed by atoms with van der Waals surface area (Å²) in [5.41, 5.74) is 10.7. The predicted molar refractivity (Wildman–Crippen MR) is 85.1 cm³/mol. The molecule has 0 aromatic heterocycles. The Kier molecular flexibility index (Phi) is 4.27. The molecule has 2 N–H and O–H groups in total. The quantitative estimate of drug-likeness (QED) is 0.881. The predicted octanol–water partition coefficient (Wildman–Crippen LogP) is 4.60. The van der Waals surface area contributed by atoms with Crippen LogP contribution >= 0.6 is 11.6 Å². The van der Waals surface area contributed by atoms with Gasteiger partial charge in [0, 0.05) is 16.6 Å². The molecule has 110 valence electrons. The number of fused-ring (bicyclic) bond motifs is 1. The Bertz CT molecular complexity index is 633. The lowest BCUT2D eigenvalue weighted by molar-refractivity contribution is 0.593. The molecule has 1 atom stereocenters. The van der Waals surface area contributed by atoms with E-state index in [1.165, 1.54) is 30.0 Å². The van der Waals surface area contributed by atoms with Gasteiger partial charge in [0.1, 0.15) is 5.82 Å². The first-order chi connectivity index (χ1) is 10.1. The maximum atomic E-state index is 13.9. The van der Waals surface area contributed by atoms with E-state index in [9.17, 15) is 4.39 Å². The van der Waals surface area contributed by atoms with E-state index in [1.54, 1.807) is 12.1 Å². The molecule has 0 amide bonds. The lowest BCUT2D eigenvalue weighted by Crippen LogP contribution is -2.15. The van der Waals surface area contributed by atoms with E-state index >= 15 is 0 Å². The van der Waals surface area contributed by atoms with Crippen molar-refractivity contribution in [3.63, 3.8) is 0 Å². The van der Waals surface area contributed by atoms with Gasteiger partial charge in [-0.25, -0.2) is 4.39 Å². The molecule has 3 rings (SSSR count). The molecule has 0 spiro atoms. The van der Waals surface area contributed by atoms with Gasteiger partial charge in [0.2, 0.25) is 0 Å². The van der Waals surface area contributed by atoms with E-state index in [2.05, 4.69) is 18.2 Å². The molecule has 2 aromatic carbocycles. The molecular weight excluding hydrogens is 285 g/mol. The lowest BCUT2D eigenvalue weighted by Gasteiger charge is -2.19. The molecule has 0 radical (unpaired) electrons. The van der Waals surface area contributed by atoms with E-state index < -0.39 is 0 Å². The van der Waals surface area contributed by atoms with Gasteiger partial charge in [0.05, 0.1) is 0 Å². The average Bonchev–Trinajstić information content (AvgIpc) is 2.50. The molecule has 1 aliphatic rings. The summed E-state index contributed by atoms with van der Waals surface area (Å²) in [5.74, 6) is -0.282. The van der Waals surface area contributed by atoms with Gasteiger partial charge in [-0.15, -0.1) is 0 Å².